The van der Waals surface area contributed by atoms with Gasteiger partial charge in [0, 0.05) is 18.5 Å². The van der Waals surface area contributed by atoms with Gasteiger partial charge >= 0.3 is 0 Å². The lowest BCUT2D eigenvalue weighted by Gasteiger charge is -2.10. The fourth-order valence-electron chi connectivity index (χ4n) is 1.54. The number of benzene rings is 1. The fourth-order valence-corrected chi connectivity index (χ4v) is 1.54. The maximum absolute atomic E-state index is 11.4. The zero-order valence-corrected chi connectivity index (χ0v) is 11.7. The third kappa shape index (κ3) is 5.38. The lowest BCUT2D eigenvalue weighted by molar-refractivity contribution is -0.121. The van der Waals surface area contributed by atoms with E-state index < -0.39 is 0 Å². The minimum Gasteiger partial charge on any atom is -0.496 e. The topological polar surface area (TPSA) is 64.3 Å². The van der Waals surface area contributed by atoms with Crippen molar-refractivity contribution in [2.45, 2.75) is 26.3 Å². The molecule has 3 N–H and O–H groups in total. The number of aryl methyl sites for hydroxylation is 1. The summed E-state index contributed by atoms with van der Waals surface area (Å²) >= 11 is 0. The predicted molar refractivity (Wildman–Crippen MR) is 75.1 cm³/mol. The molecule has 102 valence electrons. The van der Waals surface area contributed by atoms with E-state index in [0.717, 1.165) is 23.3 Å². The van der Waals surface area contributed by atoms with Crippen LogP contribution in [0.1, 0.15) is 24.0 Å². The van der Waals surface area contributed by atoms with E-state index in [-0.39, 0.29) is 18.3 Å². The Labute approximate surface area is 114 Å². The number of ether oxygens (including phenoxy) is 1. The maximum atomic E-state index is 11.4. The molecule has 0 aromatic heterocycles. The molecule has 0 aliphatic carbocycles. The SMILES string of the molecule is COc1cc(C)ccc1CNC(=O)CCCN.Cl. The second kappa shape index (κ2) is 8.78. The van der Waals surface area contributed by atoms with Crippen molar-refractivity contribution in [3.8, 4) is 5.75 Å². The molecule has 5 heteroatoms. The van der Waals surface area contributed by atoms with Crippen LogP contribution in [0, 0.1) is 6.92 Å². The van der Waals surface area contributed by atoms with Crippen molar-refractivity contribution in [1.29, 1.82) is 0 Å². The predicted octanol–water partition coefficient (Wildman–Crippen LogP) is 1.78. The number of halogens is 1. The Balaban J connectivity index is 0.00000289. The molecular formula is C13H21ClN2O2. The molecule has 0 fully saturated rings. The number of carbonyl (C=O) groups is 1. The molecule has 0 spiro atoms. The van der Waals surface area contributed by atoms with Crippen molar-refractivity contribution < 1.29 is 9.53 Å². The van der Waals surface area contributed by atoms with Gasteiger partial charge in [0.05, 0.1) is 7.11 Å². The number of nitrogens with two attached hydrogens (primary N) is 1. The summed E-state index contributed by atoms with van der Waals surface area (Å²) in [4.78, 5) is 11.4. The molecule has 1 amide bonds. The van der Waals surface area contributed by atoms with Crippen molar-refractivity contribution >= 4 is 18.3 Å². The van der Waals surface area contributed by atoms with E-state index in [2.05, 4.69) is 5.32 Å². The molecule has 0 atom stereocenters. The van der Waals surface area contributed by atoms with Crippen LogP contribution in [-0.4, -0.2) is 19.6 Å². The van der Waals surface area contributed by atoms with Gasteiger partial charge in [0.25, 0.3) is 0 Å². The van der Waals surface area contributed by atoms with Gasteiger partial charge in [-0.2, -0.15) is 0 Å². The second-order valence-electron chi connectivity index (χ2n) is 3.98. The maximum Gasteiger partial charge on any atom is 0.220 e. The molecule has 18 heavy (non-hydrogen) atoms. The molecule has 0 radical (unpaired) electrons. The van der Waals surface area contributed by atoms with E-state index in [1.807, 2.05) is 25.1 Å². The Hall–Kier alpha value is -1.26. The molecule has 1 aromatic rings. The normalized spacial score (nSPS) is 9.50. The summed E-state index contributed by atoms with van der Waals surface area (Å²) in [6, 6.07) is 5.93. The number of hydrogen-bond donors (Lipinski definition) is 2. The van der Waals surface area contributed by atoms with Gasteiger partial charge in [-0.25, -0.2) is 0 Å². The quantitative estimate of drug-likeness (QED) is 0.830. The van der Waals surface area contributed by atoms with E-state index in [1.54, 1.807) is 7.11 Å². The fraction of sp³-hybridized carbons (Fsp3) is 0.462. The zero-order chi connectivity index (χ0) is 12.7. The van der Waals surface area contributed by atoms with Gasteiger partial charge in [0.15, 0.2) is 0 Å². The molecule has 1 aromatic carbocycles. The molecule has 0 unspecified atom stereocenters. The summed E-state index contributed by atoms with van der Waals surface area (Å²) in [7, 11) is 1.63. The van der Waals surface area contributed by atoms with Gasteiger partial charge in [-0.3, -0.25) is 4.79 Å². The Morgan fingerprint density at radius 1 is 1.44 bits per heavy atom. The van der Waals surface area contributed by atoms with Gasteiger partial charge in [0.2, 0.25) is 5.91 Å². The zero-order valence-electron chi connectivity index (χ0n) is 10.9. The molecule has 4 nitrogen and oxygen atoms in total. The largest absolute Gasteiger partial charge is 0.496 e. The number of nitrogens with one attached hydrogen (secondary N) is 1. The highest BCUT2D eigenvalue weighted by Crippen LogP contribution is 2.19. The Morgan fingerprint density at radius 2 is 2.17 bits per heavy atom. The average molecular weight is 273 g/mol. The first-order valence-corrected chi connectivity index (χ1v) is 5.77. The molecule has 1 rings (SSSR count). The highest BCUT2D eigenvalue weighted by Gasteiger charge is 2.05. The first-order chi connectivity index (χ1) is 8.17. The number of rotatable bonds is 6. The molecule has 0 saturated carbocycles. The highest BCUT2D eigenvalue weighted by atomic mass is 35.5. The summed E-state index contributed by atoms with van der Waals surface area (Å²) in [5.74, 6) is 0.835. The van der Waals surface area contributed by atoms with Crippen LogP contribution in [0.15, 0.2) is 18.2 Å². The lowest BCUT2D eigenvalue weighted by atomic mass is 10.1. The second-order valence-corrected chi connectivity index (χ2v) is 3.98. The Kier molecular flexibility index (Phi) is 8.16. The average Bonchev–Trinajstić information content (AvgIpc) is 2.34. The van der Waals surface area contributed by atoms with Crippen LogP contribution < -0.4 is 15.8 Å². The summed E-state index contributed by atoms with van der Waals surface area (Å²) < 4.78 is 5.27. The van der Waals surface area contributed by atoms with Crippen LogP contribution in [0.3, 0.4) is 0 Å². The van der Waals surface area contributed by atoms with Crippen LogP contribution in [0.5, 0.6) is 5.75 Å². The van der Waals surface area contributed by atoms with Gasteiger partial charge in [-0.1, -0.05) is 12.1 Å². The molecular weight excluding hydrogens is 252 g/mol. The molecule has 0 bridgehead atoms. The number of methoxy groups -OCH3 is 1. The van der Waals surface area contributed by atoms with Crippen molar-refractivity contribution in [2.24, 2.45) is 5.73 Å². The lowest BCUT2D eigenvalue weighted by Crippen LogP contribution is -2.23. The van der Waals surface area contributed by atoms with E-state index in [9.17, 15) is 4.79 Å². The first kappa shape index (κ1) is 16.7. The van der Waals surface area contributed by atoms with Crippen molar-refractivity contribution in [2.75, 3.05) is 13.7 Å². The number of carbonyl (C=O) groups excluding carboxylic acids is 1. The molecule has 0 aliphatic rings. The molecule has 0 aliphatic heterocycles. The van der Waals surface area contributed by atoms with Crippen LogP contribution in [0.2, 0.25) is 0 Å². The van der Waals surface area contributed by atoms with Crippen LogP contribution in [0.4, 0.5) is 0 Å². The minimum absolute atomic E-state index is 0. The minimum atomic E-state index is 0. The highest BCUT2D eigenvalue weighted by molar-refractivity contribution is 5.85. The Morgan fingerprint density at radius 3 is 2.78 bits per heavy atom. The van der Waals surface area contributed by atoms with Crippen molar-refractivity contribution in [3.05, 3.63) is 29.3 Å². The van der Waals surface area contributed by atoms with Gasteiger partial charge < -0.3 is 15.8 Å². The van der Waals surface area contributed by atoms with E-state index >= 15 is 0 Å². The van der Waals surface area contributed by atoms with Gasteiger partial charge in [-0.15, -0.1) is 12.4 Å². The van der Waals surface area contributed by atoms with Crippen LogP contribution in [0.25, 0.3) is 0 Å². The summed E-state index contributed by atoms with van der Waals surface area (Å²) in [6.45, 7) is 3.04. The number of amides is 1. The molecule has 0 saturated heterocycles. The van der Waals surface area contributed by atoms with Crippen molar-refractivity contribution in [1.82, 2.24) is 5.32 Å². The molecule has 0 heterocycles. The third-order valence-electron chi connectivity index (χ3n) is 2.53. The summed E-state index contributed by atoms with van der Waals surface area (Å²) in [6.07, 6.45) is 1.20. The monoisotopic (exact) mass is 272 g/mol. The van der Waals surface area contributed by atoms with Gasteiger partial charge in [0.1, 0.15) is 5.75 Å². The summed E-state index contributed by atoms with van der Waals surface area (Å²) in [5, 5.41) is 2.85. The Bertz CT molecular complexity index is 383. The van der Waals surface area contributed by atoms with E-state index in [4.69, 9.17) is 10.5 Å². The van der Waals surface area contributed by atoms with E-state index in [1.165, 1.54) is 0 Å². The van der Waals surface area contributed by atoms with Crippen LogP contribution >= 0.6 is 12.4 Å². The van der Waals surface area contributed by atoms with Gasteiger partial charge in [-0.05, 0) is 31.5 Å². The standard InChI is InChI=1S/C13H20N2O2.ClH/c1-10-5-6-11(12(8-10)17-2)9-15-13(16)4-3-7-14;/h5-6,8H,3-4,7,9,14H2,1-2H3,(H,15,16);1H. The van der Waals surface area contributed by atoms with Crippen LogP contribution in [-0.2, 0) is 11.3 Å². The smallest absolute Gasteiger partial charge is 0.220 e. The number of hydrogen-bond acceptors (Lipinski definition) is 3. The summed E-state index contributed by atoms with van der Waals surface area (Å²) in [5.41, 5.74) is 7.47. The van der Waals surface area contributed by atoms with E-state index in [0.29, 0.717) is 19.5 Å². The first-order valence-electron chi connectivity index (χ1n) is 5.77. The van der Waals surface area contributed by atoms with Crippen molar-refractivity contribution in [3.63, 3.8) is 0 Å². The third-order valence-corrected chi connectivity index (χ3v) is 2.53.